The van der Waals surface area contributed by atoms with Gasteiger partial charge in [0.25, 0.3) is 5.91 Å². The van der Waals surface area contributed by atoms with E-state index in [0.717, 1.165) is 16.9 Å². The molecular formula is C16H14ClN3O. The molecule has 0 bridgehead atoms. The Labute approximate surface area is 127 Å². The van der Waals surface area contributed by atoms with E-state index in [1.807, 2.05) is 35.9 Å². The quantitative estimate of drug-likeness (QED) is 0.807. The molecule has 106 valence electrons. The Balaban J connectivity index is 1.74. The molecule has 0 saturated heterocycles. The molecule has 0 aliphatic heterocycles. The molecule has 3 aromatic rings. The number of halogens is 1. The highest BCUT2D eigenvalue weighted by molar-refractivity contribution is 6.30. The maximum atomic E-state index is 12.0. The van der Waals surface area contributed by atoms with Gasteiger partial charge >= 0.3 is 0 Å². The van der Waals surface area contributed by atoms with E-state index in [2.05, 4.69) is 10.3 Å². The number of aryl methyl sites for hydroxylation is 1. The van der Waals surface area contributed by atoms with Crippen molar-refractivity contribution >= 4 is 23.2 Å². The van der Waals surface area contributed by atoms with E-state index >= 15 is 0 Å². The van der Waals surface area contributed by atoms with Crippen LogP contribution in [-0.4, -0.2) is 15.3 Å². The number of pyridine rings is 1. The van der Waals surface area contributed by atoms with Crippen molar-refractivity contribution in [1.82, 2.24) is 14.7 Å². The van der Waals surface area contributed by atoms with Crippen LogP contribution in [-0.2, 0) is 6.54 Å². The molecule has 0 atom stereocenters. The first-order valence-electron chi connectivity index (χ1n) is 6.60. The molecule has 0 saturated carbocycles. The number of nitrogens with one attached hydrogen (secondary N) is 1. The third-order valence-electron chi connectivity index (χ3n) is 3.24. The molecule has 0 radical (unpaired) electrons. The van der Waals surface area contributed by atoms with Crippen LogP contribution in [0.1, 0.15) is 21.6 Å². The molecule has 0 spiro atoms. The minimum absolute atomic E-state index is 0.161. The number of fused-ring (bicyclic) bond motifs is 1. The van der Waals surface area contributed by atoms with Crippen molar-refractivity contribution in [3.8, 4) is 0 Å². The van der Waals surface area contributed by atoms with Crippen molar-refractivity contribution in [2.45, 2.75) is 13.5 Å². The van der Waals surface area contributed by atoms with Crippen LogP contribution < -0.4 is 5.32 Å². The van der Waals surface area contributed by atoms with Crippen LogP contribution in [0.15, 0.2) is 48.8 Å². The van der Waals surface area contributed by atoms with Crippen molar-refractivity contribution in [1.29, 1.82) is 0 Å². The number of hydrogen-bond donors (Lipinski definition) is 1. The highest BCUT2D eigenvalue weighted by Crippen LogP contribution is 2.12. The average molecular weight is 300 g/mol. The summed E-state index contributed by atoms with van der Waals surface area (Å²) in [5.41, 5.74) is 3.37. The van der Waals surface area contributed by atoms with Gasteiger partial charge in [-0.3, -0.25) is 4.79 Å². The van der Waals surface area contributed by atoms with Crippen LogP contribution in [0.25, 0.3) is 5.65 Å². The SMILES string of the molecule is Cc1cccn2cc(CNC(=O)c3cccc(Cl)c3)nc12. The number of nitrogens with zero attached hydrogens (tertiary/aromatic N) is 2. The van der Waals surface area contributed by atoms with E-state index in [-0.39, 0.29) is 5.91 Å². The number of rotatable bonds is 3. The summed E-state index contributed by atoms with van der Waals surface area (Å²) in [7, 11) is 0. The summed E-state index contributed by atoms with van der Waals surface area (Å²) < 4.78 is 1.95. The van der Waals surface area contributed by atoms with Crippen LogP contribution in [0.2, 0.25) is 5.02 Å². The zero-order valence-corrected chi connectivity index (χ0v) is 12.3. The fourth-order valence-corrected chi connectivity index (χ4v) is 2.38. The number of benzene rings is 1. The van der Waals surface area contributed by atoms with Crippen LogP contribution in [0.4, 0.5) is 0 Å². The van der Waals surface area contributed by atoms with Crippen molar-refractivity contribution in [3.63, 3.8) is 0 Å². The predicted molar refractivity (Wildman–Crippen MR) is 82.6 cm³/mol. The Morgan fingerprint density at radius 3 is 2.95 bits per heavy atom. The summed E-state index contributed by atoms with van der Waals surface area (Å²) in [6, 6.07) is 10.9. The van der Waals surface area contributed by atoms with Gasteiger partial charge in [-0.1, -0.05) is 23.7 Å². The van der Waals surface area contributed by atoms with Crippen LogP contribution in [0.5, 0.6) is 0 Å². The summed E-state index contributed by atoms with van der Waals surface area (Å²) in [6.07, 6.45) is 3.86. The van der Waals surface area contributed by atoms with Gasteiger partial charge in [-0.2, -0.15) is 0 Å². The van der Waals surface area contributed by atoms with Gasteiger partial charge in [0.05, 0.1) is 12.2 Å². The molecule has 21 heavy (non-hydrogen) atoms. The Kier molecular flexibility index (Phi) is 3.62. The van der Waals surface area contributed by atoms with E-state index < -0.39 is 0 Å². The lowest BCUT2D eigenvalue weighted by molar-refractivity contribution is 0.0950. The highest BCUT2D eigenvalue weighted by Gasteiger charge is 2.08. The van der Waals surface area contributed by atoms with Crippen LogP contribution in [0.3, 0.4) is 0 Å². The van der Waals surface area contributed by atoms with E-state index in [4.69, 9.17) is 11.6 Å². The third-order valence-corrected chi connectivity index (χ3v) is 3.48. The maximum absolute atomic E-state index is 12.0. The number of carbonyl (C=O) groups is 1. The predicted octanol–water partition coefficient (Wildman–Crippen LogP) is 3.23. The molecule has 4 nitrogen and oxygen atoms in total. The summed E-state index contributed by atoms with van der Waals surface area (Å²) in [5, 5.41) is 3.40. The molecule has 1 aromatic carbocycles. The van der Waals surface area contributed by atoms with E-state index in [9.17, 15) is 4.79 Å². The Bertz CT molecular complexity index is 810. The van der Waals surface area contributed by atoms with Crippen molar-refractivity contribution < 1.29 is 4.79 Å². The number of imidazole rings is 1. The van der Waals surface area contributed by atoms with Gasteiger partial charge in [0, 0.05) is 23.0 Å². The molecule has 2 heterocycles. The van der Waals surface area contributed by atoms with Gasteiger partial charge in [0.1, 0.15) is 5.65 Å². The fraction of sp³-hybridized carbons (Fsp3) is 0.125. The van der Waals surface area contributed by atoms with E-state index in [0.29, 0.717) is 17.1 Å². The van der Waals surface area contributed by atoms with Gasteiger partial charge in [0.15, 0.2) is 0 Å². The topological polar surface area (TPSA) is 46.4 Å². The number of amides is 1. The third kappa shape index (κ3) is 2.90. The lowest BCUT2D eigenvalue weighted by Gasteiger charge is -2.03. The largest absolute Gasteiger partial charge is 0.346 e. The molecular weight excluding hydrogens is 286 g/mol. The normalized spacial score (nSPS) is 10.8. The van der Waals surface area contributed by atoms with E-state index in [1.54, 1.807) is 24.3 Å². The number of hydrogen-bond acceptors (Lipinski definition) is 2. The first kappa shape index (κ1) is 13.6. The van der Waals surface area contributed by atoms with Crippen molar-refractivity contribution in [3.05, 3.63) is 70.6 Å². The summed E-state index contributed by atoms with van der Waals surface area (Å²) in [6.45, 7) is 2.39. The molecule has 5 heteroatoms. The molecule has 1 N–H and O–H groups in total. The van der Waals surface area contributed by atoms with Gasteiger partial charge in [0.2, 0.25) is 0 Å². The smallest absolute Gasteiger partial charge is 0.251 e. The second-order valence-corrected chi connectivity index (χ2v) is 5.28. The standard InChI is InChI=1S/C16H14ClN3O/c1-11-4-3-7-20-10-14(19-15(11)20)9-18-16(21)12-5-2-6-13(17)8-12/h2-8,10H,9H2,1H3,(H,18,21). The molecule has 0 aliphatic rings. The Morgan fingerprint density at radius 2 is 2.19 bits per heavy atom. The number of carbonyl (C=O) groups excluding carboxylic acids is 1. The van der Waals surface area contributed by atoms with Crippen LogP contribution in [0, 0.1) is 6.92 Å². The molecule has 3 rings (SSSR count). The maximum Gasteiger partial charge on any atom is 0.251 e. The monoisotopic (exact) mass is 299 g/mol. The zero-order valence-electron chi connectivity index (χ0n) is 11.5. The second-order valence-electron chi connectivity index (χ2n) is 4.85. The first-order valence-corrected chi connectivity index (χ1v) is 6.98. The zero-order chi connectivity index (χ0) is 14.8. The molecule has 1 amide bonds. The first-order chi connectivity index (χ1) is 10.1. The minimum Gasteiger partial charge on any atom is -0.346 e. The van der Waals surface area contributed by atoms with Crippen molar-refractivity contribution in [2.24, 2.45) is 0 Å². The van der Waals surface area contributed by atoms with Gasteiger partial charge < -0.3 is 9.72 Å². The minimum atomic E-state index is -0.161. The lowest BCUT2D eigenvalue weighted by Crippen LogP contribution is -2.22. The Hall–Kier alpha value is -2.33. The Morgan fingerprint density at radius 1 is 1.33 bits per heavy atom. The van der Waals surface area contributed by atoms with Gasteiger partial charge in [-0.25, -0.2) is 4.98 Å². The van der Waals surface area contributed by atoms with Crippen molar-refractivity contribution in [2.75, 3.05) is 0 Å². The highest BCUT2D eigenvalue weighted by atomic mass is 35.5. The van der Waals surface area contributed by atoms with Crippen LogP contribution >= 0.6 is 11.6 Å². The molecule has 0 unspecified atom stereocenters. The lowest BCUT2D eigenvalue weighted by atomic mass is 10.2. The van der Waals surface area contributed by atoms with E-state index in [1.165, 1.54) is 0 Å². The fourth-order valence-electron chi connectivity index (χ4n) is 2.19. The summed E-state index contributed by atoms with van der Waals surface area (Å²) >= 11 is 5.88. The molecule has 2 aromatic heterocycles. The summed E-state index contributed by atoms with van der Waals surface area (Å²) in [4.78, 5) is 16.6. The second kappa shape index (κ2) is 5.58. The molecule has 0 aliphatic carbocycles. The van der Waals surface area contributed by atoms with Gasteiger partial charge in [-0.05, 0) is 36.8 Å². The average Bonchev–Trinajstić information content (AvgIpc) is 2.89. The number of aromatic nitrogens is 2. The van der Waals surface area contributed by atoms with Gasteiger partial charge in [-0.15, -0.1) is 0 Å². The summed E-state index contributed by atoms with van der Waals surface area (Å²) in [5.74, 6) is -0.161. The molecule has 0 fully saturated rings.